The molecule has 3 N–H and O–H groups in total. The summed E-state index contributed by atoms with van der Waals surface area (Å²) >= 11 is 1.19. The van der Waals surface area contributed by atoms with E-state index in [-0.39, 0.29) is 17.0 Å². The van der Waals surface area contributed by atoms with Crippen LogP contribution in [0.25, 0.3) is 11.4 Å². The highest BCUT2D eigenvalue weighted by Crippen LogP contribution is 2.24. The first-order valence-electron chi connectivity index (χ1n) is 6.54. The SMILES string of the molecule is C=CCNC(=O)[C@@H](C)Sc1nnc(-c2ccc(F)cc2)n1N. The molecule has 8 heteroatoms. The smallest absolute Gasteiger partial charge is 0.233 e. The molecule has 0 aliphatic rings. The van der Waals surface area contributed by atoms with Crippen molar-refractivity contribution >= 4 is 17.7 Å². The largest absolute Gasteiger partial charge is 0.352 e. The Morgan fingerprint density at radius 2 is 2.18 bits per heavy atom. The molecule has 1 atom stereocenters. The van der Waals surface area contributed by atoms with Crippen molar-refractivity contribution in [1.82, 2.24) is 20.2 Å². The summed E-state index contributed by atoms with van der Waals surface area (Å²) in [6, 6.07) is 5.78. The van der Waals surface area contributed by atoms with E-state index in [1.54, 1.807) is 25.1 Å². The highest BCUT2D eigenvalue weighted by Gasteiger charge is 2.19. The van der Waals surface area contributed by atoms with Crippen LogP contribution in [0.5, 0.6) is 0 Å². The molecule has 22 heavy (non-hydrogen) atoms. The number of nitrogens with zero attached hydrogens (tertiary/aromatic N) is 3. The van der Waals surface area contributed by atoms with Crippen molar-refractivity contribution in [1.29, 1.82) is 0 Å². The number of hydrogen-bond donors (Lipinski definition) is 2. The Balaban J connectivity index is 2.12. The first-order chi connectivity index (χ1) is 10.5. The zero-order chi connectivity index (χ0) is 16.1. The summed E-state index contributed by atoms with van der Waals surface area (Å²) in [6.45, 7) is 5.69. The molecule has 0 aliphatic heterocycles. The Morgan fingerprint density at radius 1 is 1.50 bits per heavy atom. The van der Waals surface area contributed by atoms with E-state index in [4.69, 9.17) is 5.84 Å². The first kappa shape index (κ1) is 16.0. The zero-order valence-corrected chi connectivity index (χ0v) is 12.8. The number of hydrogen-bond acceptors (Lipinski definition) is 5. The number of aromatic nitrogens is 3. The van der Waals surface area contributed by atoms with Crippen molar-refractivity contribution < 1.29 is 9.18 Å². The minimum absolute atomic E-state index is 0.142. The van der Waals surface area contributed by atoms with Crippen LogP contribution in [-0.2, 0) is 4.79 Å². The second kappa shape index (κ2) is 7.08. The Hall–Kier alpha value is -2.35. The number of rotatable bonds is 6. The van der Waals surface area contributed by atoms with Gasteiger partial charge in [-0.05, 0) is 31.2 Å². The third-order valence-electron chi connectivity index (χ3n) is 2.84. The molecule has 1 heterocycles. The van der Waals surface area contributed by atoms with Gasteiger partial charge in [-0.15, -0.1) is 16.8 Å². The van der Waals surface area contributed by atoms with E-state index >= 15 is 0 Å². The predicted molar refractivity (Wildman–Crippen MR) is 84.1 cm³/mol. The van der Waals surface area contributed by atoms with Gasteiger partial charge < -0.3 is 11.2 Å². The van der Waals surface area contributed by atoms with Crippen LogP contribution in [0.2, 0.25) is 0 Å². The molecule has 2 rings (SSSR count). The fraction of sp³-hybridized carbons (Fsp3) is 0.214. The highest BCUT2D eigenvalue weighted by molar-refractivity contribution is 8.00. The van der Waals surface area contributed by atoms with Gasteiger partial charge in [0.25, 0.3) is 0 Å². The van der Waals surface area contributed by atoms with Gasteiger partial charge in [0.2, 0.25) is 11.1 Å². The molecule has 1 aromatic carbocycles. The fourth-order valence-electron chi connectivity index (χ4n) is 1.68. The Bertz CT molecular complexity index is 670. The first-order valence-corrected chi connectivity index (χ1v) is 7.42. The van der Waals surface area contributed by atoms with Crippen molar-refractivity contribution in [3.8, 4) is 11.4 Å². The van der Waals surface area contributed by atoms with E-state index in [1.165, 1.54) is 28.6 Å². The summed E-state index contributed by atoms with van der Waals surface area (Å²) in [7, 11) is 0. The average molecular weight is 321 g/mol. The van der Waals surface area contributed by atoms with Crippen LogP contribution in [0.4, 0.5) is 4.39 Å². The molecule has 2 aromatic rings. The van der Waals surface area contributed by atoms with Gasteiger partial charge in [0.05, 0.1) is 5.25 Å². The van der Waals surface area contributed by atoms with Crippen LogP contribution in [0.15, 0.2) is 42.1 Å². The van der Waals surface area contributed by atoms with Crippen molar-refractivity contribution in [3.05, 3.63) is 42.7 Å². The number of nitrogens with two attached hydrogens (primary N) is 1. The molecule has 0 saturated heterocycles. The number of amides is 1. The third-order valence-corrected chi connectivity index (χ3v) is 3.90. The normalized spacial score (nSPS) is 11.9. The van der Waals surface area contributed by atoms with Crippen LogP contribution in [0, 0.1) is 5.82 Å². The lowest BCUT2D eigenvalue weighted by molar-refractivity contribution is -0.120. The molecule has 1 amide bonds. The molecule has 6 nitrogen and oxygen atoms in total. The second-order valence-electron chi connectivity index (χ2n) is 4.48. The molecule has 0 radical (unpaired) electrons. The van der Waals surface area contributed by atoms with Crippen LogP contribution < -0.4 is 11.2 Å². The van der Waals surface area contributed by atoms with Gasteiger partial charge in [0.1, 0.15) is 5.82 Å². The Kier molecular flexibility index (Phi) is 5.16. The topological polar surface area (TPSA) is 85.8 Å². The third kappa shape index (κ3) is 3.64. The number of benzene rings is 1. The zero-order valence-electron chi connectivity index (χ0n) is 12.0. The maximum absolute atomic E-state index is 12.9. The van der Waals surface area contributed by atoms with Crippen LogP contribution in [0.1, 0.15) is 6.92 Å². The highest BCUT2D eigenvalue weighted by atomic mass is 32.2. The maximum atomic E-state index is 12.9. The minimum atomic E-state index is -0.382. The molecule has 0 unspecified atom stereocenters. The second-order valence-corrected chi connectivity index (χ2v) is 5.78. The average Bonchev–Trinajstić information content (AvgIpc) is 2.86. The number of nitrogen functional groups attached to an aromatic ring is 1. The van der Waals surface area contributed by atoms with Gasteiger partial charge in [-0.2, -0.15) is 0 Å². The summed E-state index contributed by atoms with van der Waals surface area (Å²) in [5, 5.41) is 10.7. The van der Waals surface area contributed by atoms with Crippen molar-refractivity contribution in [3.63, 3.8) is 0 Å². The Morgan fingerprint density at radius 3 is 2.82 bits per heavy atom. The number of carbonyl (C=O) groups is 1. The summed E-state index contributed by atoms with van der Waals surface area (Å²) in [5.74, 6) is 5.87. The van der Waals surface area contributed by atoms with Gasteiger partial charge in [0.15, 0.2) is 5.82 Å². The summed E-state index contributed by atoms with van der Waals surface area (Å²) in [6.07, 6.45) is 1.60. The van der Waals surface area contributed by atoms with Crippen LogP contribution in [0.3, 0.4) is 0 Å². The number of halogens is 1. The van der Waals surface area contributed by atoms with Gasteiger partial charge in [-0.1, -0.05) is 17.8 Å². The molecule has 0 aliphatic carbocycles. The molecular formula is C14H16FN5OS. The standard InChI is InChI=1S/C14H16FN5OS/c1-3-8-17-13(21)9(2)22-14-19-18-12(20(14)16)10-4-6-11(15)7-5-10/h3-7,9H,1,8,16H2,2H3,(H,17,21)/t9-/m1/s1. The number of thioether (sulfide) groups is 1. The van der Waals surface area contributed by atoms with Gasteiger partial charge in [-0.3, -0.25) is 4.79 Å². The molecule has 0 fully saturated rings. The van der Waals surface area contributed by atoms with E-state index in [1.807, 2.05) is 0 Å². The Labute approximate surface area is 131 Å². The molecule has 0 spiro atoms. The molecule has 0 saturated carbocycles. The molecule has 1 aromatic heterocycles. The van der Waals surface area contributed by atoms with Gasteiger partial charge in [-0.25, -0.2) is 9.07 Å². The lowest BCUT2D eigenvalue weighted by Gasteiger charge is -2.10. The predicted octanol–water partition coefficient (Wildman–Crippen LogP) is 1.58. The quantitative estimate of drug-likeness (QED) is 0.479. The van der Waals surface area contributed by atoms with E-state index < -0.39 is 0 Å². The maximum Gasteiger partial charge on any atom is 0.233 e. The summed E-state index contributed by atoms with van der Waals surface area (Å²) in [4.78, 5) is 11.8. The van der Waals surface area contributed by atoms with Crippen LogP contribution >= 0.6 is 11.8 Å². The van der Waals surface area contributed by atoms with Crippen molar-refractivity contribution in [2.24, 2.45) is 0 Å². The van der Waals surface area contributed by atoms with E-state index in [9.17, 15) is 9.18 Å². The van der Waals surface area contributed by atoms with Crippen LogP contribution in [-0.4, -0.2) is 32.6 Å². The molecule has 116 valence electrons. The minimum Gasteiger partial charge on any atom is -0.352 e. The van der Waals surface area contributed by atoms with E-state index in [2.05, 4.69) is 22.1 Å². The lowest BCUT2D eigenvalue weighted by atomic mass is 10.2. The number of carbonyl (C=O) groups excluding carboxylic acids is 1. The van der Waals surface area contributed by atoms with Crippen molar-refractivity contribution in [2.45, 2.75) is 17.3 Å². The molecule has 0 bridgehead atoms. The lowest BCUT2D eigenvalue weighted by Crippen LogP contribution is -2.31. The summed E-state index contributed by atoms with van der Waals surface area (Å²) in [5.41, 5.74) is 0.645. The van der Waals surface area contributed by atoms with E-state index in [0.29, 0.717) is 23.1 Å². The monoisotopic (exact) mass is 321 g/mol. The number of nitrogens with one attached hydrogen (secondary N) is 1. The fourth-order valence-corrected chi connectivity index (χ4v) is 2.48. The summed E-state index contributed by atoms with van der Waals surface area (Å²) < 4.78 is 14.2. The van der Waals surface area contributed by atoms with E-state index in [0.717, 1.165) is 0 Å². The molecular weight excluding hydrogens is 305 g/mol. The van der Waals surface area contributed by atoms with Crippen molar-refractivity contribution in [2.75, 3.05) is 12.4 Å². The van der Waals surface area contributed by atoms with Gasteiger partial charge >= 0.3 is 0 Å². The van der Waals surface area contributed by atoms with Gasteiger partial charge in [0, 0.05) is 12.1 Å².